The fourth-order valence-electron chi connectivity index (χ4n) is 2.36. The Bertz CT molecular complexity index is 312. The summed E-state index contributed by atoms with van der Waals surface area (Å²) in [4.78, 5) is 11.6. The first-order chi connectivity index (χ1) is 9.76. The first-order valence-corrected chi connectivity index (χ1v) is 7.80. The summed E-state index contributed by atoms with van der Waals surface area (Å²) in [6, 6.07) is 0.962. The number of hydrogen-bond donors (Lipinski definition) is 3. The Labute approximate surface area is 128 Å². The van der Waals surface area contributed by atoms with Crippen LogP contribution in [0.2, 0.25) is 0 Å². The van der Waals surface area contributed by atoms with Gasteiger partial charge >= 0.3 is 6.09 Å². The SMILES string of the molecule is CC(CNC(=O)OC(C)(C)C)NC(C)CC1COCCN1. The molecule has 1 aliphatic heterocycles. The first kappa shape index (κ1) is 18.2. The Morgan fingerprint density at radius 2 is 2.10 bits per heavy atom. The van der Waals surface area contributed by atoms with Gasteiger partial charge in [-0.15, -0.1) is 0 Å². The normalized spacial score (nSPS) is 22.4. The molecule has 0 aromatic carbocycles. The third-order valence-electron chi connectivity index (χ3n) is 3.16. The third-order valence-corrected chi connectivity index (χ3v) is 3.16. The number of nitrogens with one attached hydrogen (secondary N) is 3. The Morgan fingerprint density at radius 3 is 2.67 bits per heavy atom. The van der Waals surface area contributed by atoms with Gasteiger partial charge in [0.15, 0.2) is 0 Å². The summed E-state index contributed by atoms with van der Waals surface area (Å²) < 4.78 is 10.7. The summed E-state index contributed by atoms with van der Waals surface area (Å²) in [5.74, 6) is 0. The largest absolute Gasteiger partial charge is 0.444 e. The molecule has 1 fully saturated rings. The molecule has 6 nitrogen and oxygen atoms in total. The minimum Gasteiger partial charge on any atom is -0.444 e. The van der Waals surface area contributed by atoms with Gasteiger partial charge in [0.05, 0.1) is 13.2 Å². The summed E-state index contributed by atoms with van der Waals surface area (Å²) in [5.41, 5.74) is -0.458. The van der Waals surface area contributed by atoms with Crippen molar-refractivity contribution < 1.29 is 14.3 Å². The Balaban J connectivity index is 2.17. The zero-order chi connectivity index (χ0) is 15.9. The maximum atomic E-state index is 11.6. The van der Waals surface area contributed by atoms with E-state index in [2.05, 4.69) is 29.8 Å². The lowest BCUT2D eigenvalue weighted by Crippen LogP contribution is -2.48. The second-order valence-corrected chi connectivity index (χ2v) is 6.81. The molecule has 124 valence electrons. The molecule has 1 amide bonds. The Morgan fingerprint density at radius 1 is 1.38 bits per heavy atom. The minimum atomic E-state index is -0.458. The molecule has 0 bridgehead atoms. The van der Waals surface area contributed by atoms with Crippen molar-refractivity contribution in [2.75, 3.05) is 26.3 Å². The molecule has 1 aliphatic rings. The molecule has 3 unspecified atom stereocenters. The number of rotatable bonds is 6. The van der Waals surface area contributed by atoms with Crippen LogP contribution in [0.15, 0.2) is 0 Å². The lowest BCUT2D eigenvalue weighted by atomic mass is 10.1. The van der Waals surface area contributed by atoms with E-state index < -0.39 is 5.60 Å². The summed E-state index contributed by atoms with van der Waals surface area (Å²) in [6.45, 7) is 12.8. The number of morpholine rings is 1. The average Bonchev–Trinajstić information content (AvgIpc) is 2.35. The van der Waals surface area contributed by atoms with Gasteiger partial charge in [-0.3, -0.25) is 0 Å². The van der Waals surface area contributed by atoms with Crippen LogP contribution in [0.1, 0.15) is 41.0 Å². The number of carbonyl (C=O) groups excluding carboxylic acids is 1. The van der Waals surface area contributed by atoms with Crippen LogP contribution in [-0.4, -0.2) is 56.1 Å². The van der Waals surface area contributed by atoms with Gasteiger partial charge < -0.3 is 25.4 Å². The predicted octanol–water partition coefficient (Wildman–Crippen LogP) is 1.26. The maximum absolute atomic E-state index is 11.6. The van der Waals surface area contributed by atoms with Crippen LogP contribution in [0.5, 0.6) is 0 Å². The van der Waals surface area contributed by atoms with Crippen molar-refractivity contribution in [2.24, 2.45) is 0 Å². The van der Waals surface area contributed by atoms with Crippen LogP contribution in [0.4, 0.5) is 4.79 Å². The molecule has 1 saturated heterocycles. The van der Waals surface area contributed by atoms with Crippen molar-refractivity contribution in [1.82, 2.24) is 16.0 Å². The molecule has 3 N–H and O–H groups in total. The van der Waals surface area contributed by atoms with Crippen molar-refractivity contribution in [3.8, 4) is 0 Å². The molecule has 0 aromatic rings. The van der Waals surface area contributed by atoms with Gasteiger partial charge in [0.25, 0.3) is 0 Å². The summed E-state index contributed by atoms with van der Waals surface area (Å²) >= 11 is 0. The van der Waals surface area contributed by atoms with E-state index in [0.717, 1.165) is 26.2 Å². The summed E-state index contributed by atoms with van der Waals surface area (Å²) in [7, 11) is 0. The fraction of sp³-hybridized carbons (Fsp3) is 0.933. The molecule has 21 heavy (non-hydrogen) atoms. The van der Waals surface area contributed by atoms with E-state index in [1.54, 1.807) is 0 Å². The van der Waals surface area contributed by atoms with Gasteiger partial charge in [0.1, 0.15) is 5.60 Å². The third kappa shape index (κ3) is 8.90. The van der Waals surface area contributed by atoms with Crippen molar-refractivity contribution in [1.29, 1.82) is 0 Å². The van der Waals surface area contributed by atoms with Crippen LogP contribution in [0.25, 0.3) is 0 Å². The number of ether oxygens (including phenoxy) is 2. The van der Waals surface area contributed by atoms with Gasteiger partial charge in [-0.05, 0) is 41.0 Å². The lowest BCUT2D eigenvalue weighted by Gasteiger charge is -2.28. The van der Waals surface area contributed by atoms with Crippen LogP contribution in [-0.2, 0) is 9.47 Å². The van der Waals surface area contributed by atoms with Crippen LogP contribution in [0.3, 0.4) is 0 Å². The summed E-state index contributed by atoms with van der Waals surface area (Å²) in [6.07, 6.45) is 0.641. The van der Waals surface area contributed by atoms with Crippen molar-refractivity contribution in [3.63, 3.8) is 0 Å². The van der Waals surface area contributed by atoms with Crippen molar-refractivity contribution in [2.45, 2.75) is 64.8 Å². The monoisotopic (exact) mass is 301 g/mol. The minimum absolute atomic E-state index is 0.192. The highest BCUT2D eigenvalue weighted by molar-refractivity contribution is 5.67. The quantitative estimate of drug-likeness (QED) is 0.689. The van der Waals surface area contributed by atoms with Gasteiger partial charge in [-0.25, -0.2) is 4.79 Å². The molecular weight excluding hydrogens is 270 g/mol. The molecule has 0 spiro atoms. The zero-order valence-corrected chi connectivity index (χ0v) is 14.0. The Kier molecular flexibility index (Phi) is 7.42. The zero-order valence-electron chi connectivity index (χ0n) is 14.0. The molecule has 0 aromatic heterocycles. The highest BCUT2D eigenvalue weighted by Gasteiger charge is 2.19. The summed E-state index contributed by atoms with van der Waals surface area (Å²) in [5, 5.41) is 9.71. The molecule has 0 radical (unpaired) electrons. The van der Waals surface area contributed by atoms with E-state index in [1.807, 2.05) is 20.8 Å². The average molecular weight is 301 g/mol. The predicted molar refractivity (Wildman–Crippen MR) is 83.5 cm³/mol. The molecule has 1 heterocycles. The molecular formula is C15H31N3O3. The topological polar surface area (TPSA) is 71.6 Å². The number of amides is 1. The lowest BCUT2D eigenvalue weighted by molar-refractivity contribution is 0.0521. The van der Waals surface area contributed by atoms with Gasteiger partial charge in [-0.1, -0.05) is 0 Å². The Hall–Kier alpha value is -0.850. The second-order valence-electron chi connectivity index (χ2n) is 6.81. The number of hydrogen-bond acceptors (Lipinski definition) is 5. The van der Waals surface area contributed by atoms with Crippen LogP contribution < -0.4 is 16.0 Å². The van der Waals surface area contributed by atoms with Crippen LogP contribution in [0, 0.1) is 0 Å². The van der Waals surface area contributed by atoms with E-state index in [9.17, 15) is 4.79 Å². The van der Waals surface area contributed by atoms with Gasteiger partial charge in [0, 0.05) is 31.2 Å². The van der Waals surface area contributed by atoms with E-state index in [-0.39, 0.29) is 12.1 Å². The highest BCUT2D eigenvalue weighted by Crippen LogP contribution is 2.06. The van der Waals surface area contributed by atoms with E-state index in [4.69, 9.17) is 9.47 Å². The van der Waals surface area contributed by atoms with Gasteiger partial charge in [-0.2, -0.15) is 0 Å². The molecule has 1 rings (SSSR count). The second kappa shape index (κ2) is 8.56. The van der Waals surface area contributed by atoms with Gasteiger partial charge in [0.2, 0.25) is 0 Å². The van der Waals surface area contributed by atoms with E-state index >= 15 is 0 Å². The smallest absolute Gasteiger partial charge is 0.407 e. The molecule has 3 atom stereocenters. The number of carbonyl (C=O) groups is 1. The molecule has 0 aliphatic carbocycles. The van der Waals surface area contributed by atoms with Crippen LogP contribution >= 0.6 is 0 Å². The van der Waals surface area contributed by atoms with E-state index in [1.165, 1.54) is 0 Å². The van der Waals surface area contributed by atoms with Crippen molar-refractivity contribution in [3.05, 3.63) is 0 Å². The fourth-order valence-corrected chi connectivity index (χ4v) is 2.36. The molecule has 0 saturated carbocycles. The molecule has 6 heteroatoms. The first-order valence-electron chi connectivity index (χ1n) is 7.80. The van der Waals surface area contributed by atoms with E-state index in [0.29, 0.717) is 18.6 Å². The highest BCUT2D eigenvalue weighted by atomic mass is 16.6. The van der Waals surface area contributed by atoms with Crippen molar-refractivity contribution >= 4 is 6.09 Å². The maximum Gasteiger partial charge on any atom is 0.407 e. The standard InChI is InChI=1S/C15H31N3O3/c1-11(8-13-10-20-7-6-16-13)18-12(2)9-17-14(19)21-15(3,4)5/h11-13,16,18H,6-10H2,1-5H3,(H,17,19). The number of alkyl carbamates (subject to hydrolysis) is 1.